The first-order valence-electron chi connectivity index (χ1n) is 6.41. The van der Waals surface area contributed by atoms with Crippen molar-refractivity contribution < 1.29 is 19.4 Å². The minimum absolute atomic E-state index is 0.106. The van der Waals surface area contributed by atoms with E-state index in [2.05, 4.69) is 0 Å². The van der Waals surface area contributed by atoms with Crippen LogP contribution in [0.1, 0.15) is 12.0 Å². The van der Waals surface area contributed by atoms with Crippen LogP contribution < -0.4 is 10.6 Å². The van der Waals surface area contributed by atoms with E-state index in [1.54, 1.807) is 12.1 Å². The average Bonchev–Trinajstić information content (AvgIpc) is 2.41. The van der Waals surface area contributed by atoms with Gasteiger partial charge in [-0.25, -0.2) is 0 Å². The molecule has 0 unspecified atom stereocenters. The quantitative estimate of drug-likeness (QED) is 0.686. The molecule has 0 aliphatic heterocycles. The number of nitrogens with zero attached hydrogens (tertiary/aromatic N) is 1. The van der Waals surface area contributed by atoms with E-state index in [4.69, 9.17) is 15.6 Å². The van der Waals surface area contributed by atoms with Crippen LogP contribution in [0.4, 0.5) is 5.69 Å². The number of anilines is 1. The van der Waals surface area contributed by atoms with Crippen molar-refractivity contribution in [2.45, 2.75) is 13.3 Å². The number of aliphatic carboxylic acids is 1. The predicted molar refractivity (Wildman–Crippen MR) is 75.7 cm³/mol. The van der Waals surface area contributed by atoms with Crippen LogP contribution in [0.25, 0.3) is 0 Å². The van der Waals surface area contributed by atoms with Crippen molar-refractivity contribution in [2.75, 3.05) is 31.2 Å². The molecule has 0 fully saturated rings. The Balaban J connectivity index is 2.75. The highest BCUT2D eigenvalue weighted by Crippen LogP contribution is 2.16. The summed E-state index contributed by atoms with van der Waals surface area (Å²) in [7, 11) is 0. The Morgan fingerprint density at radius 3 is 2.50 bits per heavy atom. The fourth-order valence-electron chi connectivity index (χ4n) is 1.65. The van der Waals surface area contributed by atoms with Gasteiger partial charge in [-0.1, -0.05) is 17.7 Å². The van der Waals surface area contributed by atoms with E-state index in [-0.39, 0.29) is 25.5 Å². The topological polar surface area (TPSA) is 92.9 Å². The predicted octanol–water partition coefficient (Wildman–Crippen LogP) is 0.778. The molecular weight excluding hydrogens is 260 g/mol. The Bertz CT molecular complexity index is 445. The molecule has 0 aliphatic carbocycles. The lowest BCUT2D eigenvalue weighted by atomic mass is 10.2. The second kappa shape index (κ2) is 8.29. The molecule has 1 aromatic rings. The van der Waals surface area contributed by atoms with Crippen LogP contribution in [-0.4, -0.2) is 43.3 Å². The van der Waals surface area contributed by atoms with E-state index >= 15 is 0 Å². The van der Waals surface area contributed by atoms with Crippen molar-refractivity contribution in [3.8, 4) is 0 Å². The van der Waals surface area contributed by atoms with Gasteiger partial charge < -0.3 is 20.5 Å². The number of carbonyl (C=O) groups excluding carboxylic acids is 1. The first kappa shape index (κ1) is 16.1. The van der Waals surface area contributed by atoms with Crippen LogP contribution in [0, 0.1) is 6.92 Å². The van der Waals surface area contributed by atoms with Crippen molar-refractivity contribution in [1.29, 1.82) is 0 Å². The van der Waals surface area contributed by atoms with E-state index in [9.17, 15) is 9.59 Å². The molecule has 0 aromatic heterocycles. The molecular formula is C14H20N2O4. The SMILES string of the molecule is Cc1ccc(N(CCC(=O)O)C(=O)COCCN)cc1. The van der Waals surface area contributed by atoms with Crippen molar-refractivity contribution >= 4 is 17.6 Å². The number of benzene rings is 1. The summed E-state index contributed by atoms with van der Waals surface area (Å²) in [5, 5.41) is 8.76. The van der Waals surface area contributed by atoms with Gasteiger partial charge in [0.25, 0.3) is 5.91 Å². The van der Waals surface area contributed by atoms with Crippen LogP contribution in [0.3, 0.4) is 0 Å². The molecule has 0 saturated heterocycles. The number of carboxylic acids is 1. The van der Waals surface area contributed by atoms with Gasteiger partial charge in [0.05, 0.1) is 13.0 Å². The molecule has 0 bridgehead atoms. The average molecular weight is 280 g/mol. The summed E-state index contributed by atoms with van der Waals surface area (Å²) < 4.78 is 5.11. The number of aryl methyl sites for hydroxylation is 1. The number of amides is 1. The smallest absolute Gasteiger partial charge is 0.305 e. The highest BCUT2D eigenvalue weighted by atomic mass is 16.5. The first-order chi connectivity index (χ1) is 9.54. The Labute approximate surface area is 118 Å². The van der Waals surface area contributed by atoms with E-state index in [0.717, 1.165) is 5.56 Å². The highest BCUT2D eigenvalue weighted by Gasteiger charge is 2.16. The van der Waals surface area contributed by atoms with E-state index in [1.165, 1.54) is 4.90 Å². The summed E-state index contributed by atoms with van der Waals surface area (Å²) in [4.78, 5) is 24.2. The Hall–Kier alpha value is -1.92. The molecule has 110 valence electrons. The molecule has 3 N–H and O–H groups in total. The normalized spacial score (nSPS) is 10.3. The molecule has 1 rings (SSSR count). The monoisotopic (exact) mass is 280 g/mol. The van der Waals surface area contributed by atoms with E-state index in [0.29, 0.717) is 18.8 Å². The van der Waals surface area contributed by atoms with Gasteiger partial charge in [0.2, 0.25) is 0 Å². The van der Waals surface area contributed by atoms with Gasteiger partial charge in [0.15, 0.2) is 0 Å². The Morgan fingerprint density at radius 1 is 1.30 bits per heavy atom. The van der Waals surface area contributed by atoms with Gasteiger partial charge in [0, 0.05) is 18.8 Å². The fourth-order valence-corrected chi connectivity index (χ4v) is 1.65. The molecule has 0 saturated carbocycles. The molecule has 6 nitrogen and oxygen atoms in total. The molecule has 1 aromatic carbocycles. The van der Waals surface area contributed by atoms with Gasteiger partial charge >= 0.3 is 5.97 Å². The number of ether oxygens (including phenoxy) is 1. The number of hydrogen-bond acceptors (Lipinski definition) is 4. The summed E-state index contributed by atoms with van der Waals surface area (Å²) in [6.45, 7) is 2.59. The highest BCUT2D eigenvalue weighted by molar-refractivity contribution is 5.94. The molecule has 6 heteroatoms. The third kappa shape index (κ3) is 5.38. The zero-order valence-corrected chi connectivity index (χ0v) is 11.5. The lowest BCUT2D eigenvalue weighted by Crippen LogP contribution is -2.36. The fraction of sp³-hybridized carbons (Fsp3) is 0.429. The molecule has 0 radical (unpaired) electrons. The number of nitrogens with two attached hydrogens (primary N) is 1. The summed E-state index contributed by atoms with van der Waals surface area (Å²) >= 11 is 0. The summed E-state index contributed by atoms with van der Waals surface area (Å²) in [6.07, 6.45) is -0.115. The molecule has 0 atom stereocenters. The lowest BCUT2D eigenvalue weighted by molar-refractivity contribution is -0.136. The van der Waals surface area contributed by atoms with E-state index < -0.39 is 5.97 Å². The minimum atomic E-state index is -0.946. The second-order valence-corrected chi connectivity index (χ2v) is 4.37. The van der Waals surface area contributed by atoms with Crippen LogP contribution in [0.5, 0.6) is 0 Å². The maximum Gasteiger partial charge on any atom is 0.305 e. The molecule has 0 spiro atoms. The van der Waals surface area contributed by atoms with Crippen molar-refractivity contribution in [2.24, 2.45) is 5.73 Å². The van der Waals surface area contributed by atoms with Crippen molar-refractivity contribution in [1.82, 2.24) is 0 Å². The maximum absolute atomic E-state index is 12.1. The van der Waals surface area contributed by atoms with Crippen molar-refractivity contribution in [3.05, 3.63) is 29.8 Å². The number of rotatable bonds is 8. The maximum atomic E-state index is 12.1. The molecule has 1 amide bonds. The third-order valence-corrected chi connectivity index (χ3v) is 2.68. The van der Waals surface area contributed by atoms with E-state index in [1.807, 2.05) is 19.1 Å². The minimum Gasteiger partial charge on any atom is -0.481 e. The first-order valence-corrected chi connectivity index (χ1v) is 6.41. The summed E-state index contributed by atoms with van der Waals surface area (Å²) in [5.41, 5.74) is 7.02. The molecule has 0 heterocycles. The van der Waals surface area contributed by atoms with Crippen LogP contribution in [0.15, 0.2) is 24.3 Å². The largest absolute Gasteiger partial charge is 0.481 e. The van der Waals surface area contributed by atoms with Gasteiger partial charge in [-0.3, -0.25) is 9.59 Å². The van der Waals surface area contributed by atoms with Crippen molar-refractivity contribution in [3.63, 3.8) is 0 Å². The van der Waals surface area contributed by atoms with Gasteiger partial charge in [0.1, 0.15) is 6.61 Å². The van der Waals surface area contributed by atoms with Gasteiger partial charge in [-0.05, 0) is 19.1 Å². The standard InChI is InChI=1S/C14H20N2O4/c1-11-2-4-12(5-3-11)16(8-6-14(18)19)13(17)10-20-9-7-15/h2-5H,6-10,15H2,1H3,(H,18,19). The molecule has 0 aliphatic rings. The zero-order chi connectivity index (χ0) is 15.0. The second-order valence-electron chi connectivity index (χ2n) is 4.37. The van der Waals surface area contributed by atoms with Crippen LogP contribution >= 0.6 is 0 Å². The third-order valence-electron chi connectivity index (χ3n) is 2.68. The number of carboxylic acid groups (broad SMARTS) is 1. The Morgan fingerprint density at radius 2 is 1.95 bits per heavy atom. The summed E-state index contributed by atoms with van der Waals surface area (Å²) in [6, 6.07) is 7.32. The zero-order valence-electron chi connectivity index (χ0n) is 11.5. The van der Waals surface area contributed by atoms with Gasteiger partial charge in [-0.2, -0.15) is 0 Å². The molecule has 20 heavy (non-hydrogen) atoms. The number of hydrogen-bond donors (Lipinski definition) is 2. The van der Waals surface area contributed by atoms with Crippen LogP contribution in [-0.2, 0) is 14.3 Å². The van der Waals surface area contributed by atoms with Gasteiger partial charge in [-0.15, -0.1) is 0 Å². The van der Waals surface area contributed by atoms with Crippen LogP contribution in [0.2, 0.25) is 0 Å². The lowest BCUT2D eigenvalue weighted by Gasteiger charge is -2.22. The number of carbonyl (C=O) groups is 2. The Kier molecular flexibility index (Phi) is 6.69. The summed E-state index contributed by atoms with van der Waals surface area (Å²) in [5.74, 6) is -1.22.